The number of unbranched alkanes of at least 4 members (excludes halogenated alkanes) is 1. The smallest absolute Gasteiger partial charge is 0.160 e. The van der Waals surface area contributed by atoms with E-state index in [1.54, 1.807) is 14.2 Å². The van der Waals surface area contributed by atoms with Crippen molar-refractivity contribution in [2.45, 2.75) is 38.2 Å². The summed E-state index contributed by atoms with van der Waals surface area (Å²) in [6.45, 7) is 1.83. The maximum atomic E-state index is 10.3. The minimum atomic E-state index is -0.754. The largest absolute Gasteiger partial charge is 0.493 e. The highest BCUT2D eigenvalue weighted by molar-refractivity contribution is 5.43. The Morgan fingerprint density at radius 2 is 1.95 bits per heavy atom. The summed E-state index contributed by atoms with van der Waals surface area (Å²) in [6.07, 6.45) is 8.00. The Balaban J connectivity index is 2.73. The molecule has 3 nitrogen and oxygen atoms in total. The summed E-state index contributed by atoms with van der Waals surface area (Å²) in [5, 5.41) is 10.3. The molecule has 1 aromatic rings. The lowest BCUT2D eigenvalue weighted by Gasteiger charge is -2.23. The lowest BCUT2D eigenvalue weighted by Crippen LogP contribution is -2.27. The molecule has 0 spiro atoms. The second kappa shape index (κ2) is 7.06. The molecule has 0 fully saturated rings. The number of terminal acetylenes is 1. The third kappa shape index (κ3) is 4.84. The molecule has 1 aromatic carbocycles. The van der Waals surface area contributed by atoms with Gasteiger partial charge in [-0.2, -0.15) is 0 Å². The molecular formula is C16H22O3. The molecule has 1 unspecified atom stereocenters. The number of methoxy groups -OCH3 is 2. The fourth-order valence-electron chi connectivity index (χ4n) is 2.09. The van der Waals surface area contributed by atoms with E-state index in [1.165, 1.54) is 0 Å². The summed E-state index contributed by atoms with van der Waals surface area (Å²) in [4.78, 5) is 0. The number of ether oxygens (including phenoxy) is 2. The molecule has 0 heterocycles. The highest BCUT2D eigenvalue weighted by atomic mass is 16.5. The number of aliphatic hydroxyl groups is 1. The fraction of sp³-hybridized carbons (Fsp3) is 0.500. The maximum absolute atomic E-state index is 10.3. The molecule has 0 aromatic heterocycles. The van der Waals surface area contributed by atoms with E-state index in [1.807, 2.05) is 25.1 Å². The molecule has 1 rings (SSSR count). The second-order valence-electron chi connectivity index (χ2n) is 4.92. The Morgan fingerprint density at radius 1 is 1.26 bits per heavy atom. The van der Waals surface area contributed by atoms with Gasteiger partial charge in [-0.3, -0.25) is 0 Å². The Bertz CT molecular complexity index is 444. The van der Waals surface area contributed by atoms with Gasteiger partial charge < -0.3 is 14.6 Å². The minimum absolute atomic E-state index is 0.567. The molecule has 1 atom stereocenters. The molecule has 0 aliphatic heterocycles. The molecule has 19 heavy (non-hydrogen) atoms. The van der Waals surface area contributed by atoms with Crippen LogP contribution in [0.5, 0.6) is 11.5 Å². The predicted octanol–water partition coefficient (Wildman–Crippen LogP) is 2.80. The third-order valence-corrected chi connectivity index (χ3v) is 3.07. The Morgan fingerprint density at radius 3 is 2.53 bits per heavy atom. The van der Waals surface area contributed by atoms with Crippen LogP contribution in [0.4, 0.5) is 0 Å². The summed E-state index contributed by atoms with van der Waals surface area (Å²) in [6, 6.07) is 5.69. The van der Waals surface area contributed by atoms with Crippen molar-refractivity contribution in [3.8, 4) is 23.8 Å². The third-order valence-electron chi connectivity index (χ3n) is 3.07. The lowest BCUT2D eigenvalue weighted by molar-refractivity contribution is 0.0495. The van der Waals surface area contributed by atoms with Gasteiger partial charge in [-0.15, -0.1) is 12.3 Å². The number of rotatable bonds is 7. The van der Waals surface area contributed by atoms with Gasteiger partial charge in [0.15, 0.2) is 11.5 Å². The minimum Gasteiger partial charge on any atom is -0.493 e. The fourth-order valence-corrected chi connectivity index (χ4v) is 2.09. The zero-order chi connectivity index (χ0) is 14.3. The van der Waals surface area contributed by atoms with Crippen LogP contribution in [0, 0.1) is 12.3 Å². The molecular weight excluding hydrogens is 240 g/mol. The molecule has 0 aliphatic rings. The van der Waals surface area contributed by atoms with Crippen molar-refractivity contribution < 1.29 is 14.6 Å². The van der Waals surface area contributed by atoms with E-state index in [9.17, 15) is 5.11 Å². The molecule has 104 valence electrons. The van der Waals surface area contributed by atoms with E-state index >= 15 is 0 Å². The SMILES string of the molecule is C#CCCCC(C)(O)Cc1ccc(OC)c(OC)c1. The van der Waals surface area contributed by atoms with E-state index in [0.717, 1.165) is 12.0 Å². The number of hydrogen-bond acceptors (Lipinski definition) is 3. The van der Waals surface area contributed by atoms with Crippen molar-refractivity contribution in [3.63, 3.8) is 0 Å². The highest BCUT2D eigenvalue weighted by Gasteiger charge is 2.21. The van der Waals surface area contributed by atoms with Crippen LogP contribution >= 0.6 is 0 Å². The average molecular weight is 262 g/mol. The van der Waals surface area contributed by atoms with Gasteiger partial charge >= 0.3 is 0 Å². The average Bonchev–Trinajstić information content (AvgIpc) is 2.38. The van der Waals surface area contributed by atoms with Crippen LogP contribution in [0.25, 0.3) is 0 Å². The zero-order valence-corrected chi connectivity index (χ0v) is 11.9. The summed E-state index contributed by atoms with van der Waals surface area (Å²) in [7, 11) is 3.21. The first-order chi connectivity index (χ1) is 9.02. The van der Waals surface area contributed by atoms with Crippen LogP contribution in [0.1, 0.15) is 31.7 Å². The molecule has 0 bridgehead atoms. The van der Waals surface area contributed by atoms with Gasteiger partial charge in [-0.1, -0.05) is 6.07 Å². The van der Waals surface area contributed by atoms with Crippen molar-refractivity contribution in [3.05, 3.63) is 23.8 Å². The first-order valence-electron chi connectivity index (χ1n) is 6.39. The van der Waals surface area contributed by atoms with Crippen molar-refractivity contribution in [1.82, 2.24) is 0 Å². The Kier molecular flexibility index (Phi) is 5.72. The topological polar surface area (TPSA) is 38.7 Å². The van der Waals surface area contributed by atoms with E-state index in [0.29, 0.717) is 30.8 Å². The monoisotopic (exact) mass is 262 g/mol. The van der Waals surface area contributed by atoms with Crippen molar-refractivity contribution in [2.75, 3.05) is 14.2 Å². The highest BCUT2D eigenvalue weighted by Crippen LogP contribution is 2.29. The quantitative estimate of drug-likeness (QED) is 0.606. The Hall–Kier alpha value is -1.66. The van der Waals surface area contributed by atoms with Gasteiger partial charge in [-0.25, -0.2) is 0 Å². The molecule has 0 radical (unpaired) electrons. The first kappa shape index (κ1) is 15.4. The van der Waals surface area contributed by atoms with E-state index in [2.05, 4.69) is 5.92 Å². The molecule has 3 heteroatoms. The molecule has 0 amide bonds. The molecule has 1 N–H and O–H groups in total. The zero-order valence-electron chi connectivity index (χ0n) is 11.9. The predicted molar refractivity (Wildman–Crippen MR) is 76.6 cm³/mol. The van der Waals surface area contributed by atoms with Crippen molar-refractivity contribution >= 4 is 0 Å². The van der Waals surface area contributed by atoms with Crippen LogP contribution in [0.15, 0.2) is 18.2 Å². The molecule has 0 saturated carbocycles. The van der Waals surface area contributed by atoms with Gasteiger partial charge in [-0.05, 0) is 37.5 Å². The molecule has 0 saturated heterocycles. The maximum Gasteiger partial charge on any atom is 0.160 e. The van der Waals surface area contributed by atoms with E-state index in [4.69, 9.17) is 15.9 Å². The summed E-state index contributed by atoms with van der Waals surface area (Å²) in [5.41, 5.74) is 0.263. The van der Waals surface area contributed by atoms with Crippen LogP contribution in [0.3, 0.4) is 0 Å². The van der Waals surface area contributed by atoms with Crippen molar-refractivity contribution in [1.29, 1.82) is 0 Å². The van der Waals surface area contributed by atoms with Crippen LogP contribution in [-0.4, -0.2) is 24.9 Å². The standard InChI is InChI=1S/C16H22O3/c1-5-6-7-10-16(2,17)12-13-8-9-14(18-3)15(11-13)19-4/h1,8-9,11,17H,6-7,10,12H2,2-4H3. The second-order valence-corrected chi connectivity index (χ2v) is 4.92. The van der Waals surface area contributed by atoms with Crippen molar-refractivity contribution in [2.24, 2.45) is 0 Å². The molecule has 0 aliphatic carbocycles. The Labute approximate surface area is 115 Å². The first-order valence-corrected chi connectivity index (χ1v) is 6.39. The summed E-state index contributed by atoms with van der Waals surface area (Å²) >= 11 is 0. The summed E-state index contributed by atoms with van der Waals surface area (Å²) in [5.74, 6) is 3.96. The van der Waals surface area contributed by atoms with Gasteiger partial charge in [0, 0.05) is 12.8 Å². The number of benzene rings is 1. The lowest BCUT2D eigenvalue weighted by atomic mass is 9.91. The normalized spacial score (nSPS) is 13.4. The van der Waals surface area contributed by atoms with Gasteiger partial charge in [0.05, 0.1) is 19.8 Å². The van der Waals surface area contributed by atoms with Crippen LogP contribution in [-0.2, 0) is 6.42 Å². The summed E-state index contributed by atoms with van der Waals surface area (Å²) < 4.78 is 10.4. The number of hydrogen-bond donors (Lipinski definition) is 1. The van der Waals surface area contributed by atoms with Gasteiger partial charge in [0.1, 0.15) is 0 Å². The van der Waals surface area contributed by atoms with Crippen LogP contribution in [0.2, 0.25) is 0 Å². The van der Waals surface area contributed by atoms with Crippen LogP contribution < -0.4 is 9.47 Å². The van der Waals surface area contributed by atoms with E-state index in [-0.39, 0.29) is 0 Å². The van der Waals surface area contributed by atoms with E-state index < -0.39 is 5.60 Å². The van der Waals surface area contributed by atoms with Gasteiger partial charge in [0.25, 0.3) is 0 Å². The van der Waals surface area contributed by atoms with Gasteiger partial charge in [0.2, 0.25) is 0 Å².